The number of hydrogen-bond donors (Lipinski definition) is 1. The van der Waals surface area contributed by atoms with E-state index in [1.165, 1.54) is 6.42 Å². The van der Waals surface area contributed by atoms with Crippen molar-refractivity contribution in [3.63, 3.8) is 0 Å². The first kappa shape index (κ1) is 10.7. The molecule has 0 spiro atoms. The third-order valence-electron chi connectivity index (χ3n) is 3.65. The summed E-state index contributed by atoms with van der Waals surface area (Å²) in [5.41, 5.74) is 3.10. The van der Waals surface area contributed by atoms with E-state index >= 15 is 0 Å². The normalized spacial score (nSPS) is 20.9. The molecule has 0 heterocycles. The van der Waals surface area contributed by atoms with Crippen LogP contribution in [0.15, 0.2) is 24.3 Å². The third kappa shape index (κ3) is 2.23. The van der Waals surface area contributed by atoms with Crippen LogP contribution < -0.4 is 5.32 Å². The van der Waals surface area contributed by atoms with Crippen molar-refractivity contribution in [3.8, 4) is 0 Å². The third-order valence-corrected chi connectivity index (χ3v) is 3.65. The molecule has 1 aromatic rings. The molecule has 1 aliphatic rings. The zero-order valence-electron chi connectivity index (χ0n) is 9.96. The Morgan fingerprint density at radius 1 is 1.27 bits per heavy atom. The molecule has 0 bridgehead atoms. The summed E-state index contributed by atoms with van der Waals surface area (Å²) in [6.45, 7) is 7.95. The van der Waals surface area contributed by atoms with Crippen LogP contribution in [0.25, 0.3) is 0 Å². The summed E-state index contributed by atoms with van der Waals surface area (Å²) in [6.07, 6.45) is 1.26. The summed E-state index contributed by atoms with van der Waals surface area (Å²) in [7, 11) is 0. The Morgan fingerprint density at radius 2 is 2.00 bits per heavy atom. The topological polar surface area (TPSA) is 12.0 Å². The number of hydrogen-bond acceptors (Lipinski definition) is 1. The van der Waals surface area contributed by atoms with Gasteiger partial charge in [-0.1, -0.05) is 38.1 Å². The van der Waals surface area contributed by atoms with E-state index in [1.54, 1.807) is 11.1 Å². The maximum Gasteiger partial charge on any atom is 0.00619 e. The zero-order chi connectivity index (χ0) is 10.8. The van der Waals surface area contributed by atoms with Gasteiger partial charge in [0.25, 0.3) is 0 Å². The molecule has 1 nitrogen and oxygen atoms in total. The molecule has 2 unspecified atom stereocenters. The fraction of sp³-hybridized carbons (Fsp3) is 0.571. The van der Waals surface area contributed by atoms with E-state index in [0.29, 0.717) is 6.04 Å². The summed E-state index contributed by atoms with van der Waals surface area (Å²) in [5.74, 6) is 1.47. The van der Waals surface area contributed by atoms with Gasteiger partial charge in [0.2, 0.25) is 0 Å². The Labute approximate surface area is 92.9 Å². The molecule has 82 valence electrons. The van der Waals surface area contributed by atoms with Gasteiger partial charge >= 0.3 is 0 Å². The van der Waals surface area contributed by atoms with E-state index in [0.717, 1.165) is 18.4 Å². The highest BCUT2D eigenvalue weighted by Gasteiger charge is 2.25. The van der Waals surface area contributed by atoms with Crippen molar-refractivity contribution in [1.82, 2.24) is 5.32 Å². The quantitative estimate of drug-likeness (QED) is 0.793. The molecule has 2 atom stereocenters. The first-order valence-electron chi connectivity index (χ1n) is 5.99. The number of fused-ring (bicyclic) bond motifs is 1. The van der Waals surface area contributed by atoms with Gasteiger partial charge in [-0.25, -0.2) is 0 Å². The van der Waals surface area contributed by atoms with Gasteiger partial charge < -0.3 is 5.32 Å². The van der Waals surface area contributed by atoms with Crippen LogP contribution in [0, 0.1) is 5.92 Å². The van der Waals surface area contributed by atoms with Gasteiger partial charge in [0.05, 0.1) is 0 Å². The molecule has 0 saturated heterocycles. The predicted octanol–water partition coefficient (Wildman–Crippen LogP) is 2.96. The second-order valence-electron chi connectivity index (χ2n) is 5.04. The van der Waals surface area contributed by atoms with E-state index in [4.69, 9.17) is 0 Å². The van der Waals surface area contributed by atoms with Crippen molar-refractivity contribution in [2.75, 3.05) is 6.54 Å². The SMILES string of the molecule is CC(C)C(C)NCC1Cc2ccccc21. The Balaban J connectivity index is 1.85. The lowest BCUT2D eigenvalue weighted by molar-refractivity contribution is 0.401. The van der Waals surface area contributed by atoms with Gasteiger partial charge in [0.1, 0.15) is 0 Å². The first-order valence-corrected chi connectivity index (χ1v) is 5.99. The molecule has 1 aromatic carbocycles. The zero-order valence-corrected chi connectivity index (χ0v) is 9.96. The molecule has 0 aliphatic heterocycles. The van der Waals surface area contributed by atoms with Gasteiger partial charge in [-0.05, 0) is 30.4 Å². The average molecular weight is 203 g/mol. The standard InChI is InChI=1S/C14H21N/c1-10(2)11(3)15-9-13-8-12-6-4-5-7-14(12)13/h4-7,10-11,13,15H,8-9H2,1-3H3. The Hall–Kier alpha value is -0.820. The van der Waals surface area contributed by atoms with E-state index in [9.17, 15) is 0 Å². The summed E-state index contributed by atoms with van der Waals surface area (Å²) in [4.78, 5) is 0. The van der Waals surface area contributed by atoms with Gasteiger partial charge in [-0.15, -0.1) is 0 Å². The van der Waals surface area contributed by atoms with Crippen LogP contribution in [0.4, 0.5) is 0 Å². The second kappa shape index (κ2) is 4.36. The van der Waals surface area contributed by atoms with E-state index in [1.807, 2.05) is 0 Å². The molecule has 0 fully saturated rings. The molecule has 15 heavy (non-hydrogen) atoms. The van der Waals surface area contributed by atoms with Gasteiger partial charge in [0, 0.05) is 18.5 Å². The minimum Gasteiger partial charge on any atom is -0.313 e. The number of benzene rings is 1. The van der Waals surface area contributed by atoms with Crippen molar-refractivity contribution < 1.29 is 0 Å². The van der Waals surface area contributed by atoms with Gasteiger partial charge in [0.15, 0.2) is 0 Å². The van der Waals surface area contributed by atoms with Crippen molar-refractivity contribution >= 4 is 0 Å². The van der Waals surface area contributed by atoms with Crippen LogP contribution >= 0.6 is 0 Å². The predicted molar refractivity (Wildman–Crippen MR) is 65.2 cm³/mol. The van der Waals surface area contributed by atoms with E-state index < -0.39 is 0 Å². The summed E-state index contributed by atoms with van der Waals surface area (Å²) < 4.78 is 0. The van der Waals surface area contributed by atoms with Crippen molar-refractivity contribution in [1.29, 1.82) is 0 Å². The minimum absolute atomic E-state index is 0.623. The van der Waals surface area contributed by atoms with E-state index in [2.05, 4.69) is 50.4 Å². The molecule has 0 saturated carbocycles. The maximum absolute atomic E-state index is 3.62. The highest BCUT2D eigenvalue weighted by atomic mass is 14.9. The van der Waals surface area contributed by atoms with Gasteiger partial charge in [-0.2, -0.15) is 0 Å². The molecule has 0 radical (unpaired) electrons. The largest absolute Gasteiger partial charge is 0.313 e. The molecule has 1 heteroatoms. The molecule has 0 aromatic heterocycles. The smallest absolute Gasteiger partial charge is 0.00619 e. The summed E-state index contributed by atoms with van der Waals surface area (Å²) >= 11 is 0. The maximum atomic E-state index is 3.62. The van der Waals surface area contributed by atoms with E-state index in [-0.39, 0.29) is 0 Å². The van der Waals surface area contributed by atoms with Crippen molar-refractivity contribution in [2.24, 2.45) is 5.92 Å². The van der Waals surface area contributed by atoms with Crippen LogP contribution in [0.5, 0.6) is 0 Å². The molecule has 2 rings (SSSR count). The molecule has 1 aliphatic carbocycles. The lowest BCUT2D eigenvalue weighted by Crippen LogP contribution is -2.37. The first-order chi connectivity index (χ1) is 7.18. The summed E-state index contributed by atoms with van der Waals surface area (Å²) in [6, 6.07) is 9.43. The van der Waals surface area contributed by atoms with Crippen LogP contribution in [0.3, 0.4) is 0 Å². The molecule has 0 amide bonds. The number of rotatable bonds is 4. The van der Waals surface area contributed by atoms with Crippen LogP contribution in [0.1, 0.15) is 37.8 Å². The van der Waals surface area contributed by atoms with Crippen LogP contribution in [0.2, 0.25) is 0 Å². The monoisotopic (exact) mass is 203 g/mol. The van der Waals surface area contributed by atoms with Crippen LogP contribution in [-0.2, 0) is 6.42 Å². The second-order valence-corrected chi connectivity index (χ2v) is 5.04. The lowest BCUT2D eigenvalue weighted by Gasteiger charge is -2.32. The summed E-state index contributed by atoms with van der Waals surface area (Å²) in [5, 5.41) is 3.62. The van der Waals surface area contributed by atoms with Crippen LogP contribution in [-0.4, -0.2) is 12.6 Å². The Bertz CT molecular complexity index is 330. The minimum atomic E-state index is 0.623. The van der Waals surface area contributed by atoms with Gasteiger partial charge in [-0.3, -0.25) is 0 Å². The van der Waals surface area contributed by atoms with Crippen molar-refractivity contribution in [2.45, 2.75) is 39.2 Å². The highest BCUT2D eigenvalue weighted by molar-refractivity contribution is 5.40. The average Bonchev–Trinajstić information content (AvgIpc) is 2.19. The highest BCUT2D eigenvalue weighted by Crippen LogP contribution is 2.34. The Kier molecular flexibility index (Phi) is 3.11. The van der Waals surface area contributed by atoms with Crippen molar-refractivity contribution in [3.05, 3.63) is 35.4 Å². The molecule has 1 N–H and O–H groups in total. The fourth-order valence-corrected chi connectivity index (χ4v) is 2.11. The molecular weight excluding hydrogens is 182 g/mol. The number of nitrogens with one attached hydrogen (secondary N) is 1. The lowest BCUT2D eigenvalue weighted by atomic mass is 9.77. The fourth-order valence-electron chi connectivity index (χ4n) is 2.11. The Morgan fingerprint density at radius 3 is 2.67 bits per heavy atom. The molecular formula is C14H21N.